The van der Waals surface area contributed by atoms with Crippen molar-refractivity contribution in [3.8, 4) is 5.75 Å². The Morgan fingerprint density at radius 2 is 2.04 bits per heavy atom. The highest BCUT2D eigenvalue weighted by Crippen LogP contribution is 2.38. The van der Waals surface area contributed by atoms with Crippen LogP contribution in [-0.2, 0) is 17.6 Å². The minimum atomic E-state index is -0.282. The summed E-state index contributed by atoms with van der Waals surface area (Å²) < 4.78 is 10.7. The molecule has 1 aliphatic carbocycles. The van der Waals surface area contributed by atoms with E-state index in [4.69, 9.17) is 21.7 Å². The van der Waals surface area contributed by atoms with Gasteiger partial charge in [-0.05, 0) is 75.0 Å². The molecule has 0 unspecified atom stereocenters. The van der Waals surface area contributed by atoms with Crippen LogP contribution >= 0.6 is 23.6 Å². The van der Waals surface area contributed by atoms with Crippen molar-refractivity contribution in [2.75, 3.05) is 24.4 Å². The number of fused-ring (bicyclic) bond motifs is 1. The van der Waals surface area contributed by atoms with Crippen LogP contribution in [-0.4, -0.2) is 24.8 Å². The Hall–Kier alpha value is -2.12. The van der Waals surface area contributed by atoms with E-state index in [1.807, 2.05) is 32.0 Å². The summed E-state index contributed by atoms with van der Waals surface area (Å²) in [5.74, 6) is 0.427. The van der Waals surface area contributed by atoms with Crippen LogP contribution in [0, 0.1) is 6.92 Å². The number of nitrogens with one attached hydrogen (secondary N) is 2. The van der Waals surface area contributed by atoms with Crippen LogP contribution in [0.1, 0.15) is 46.1 Å². The predicted molar refractivity (Wildman–Crippen MR) is 114 cm³/mol. The second-order valence-electron chi connectivity index (χ2n) is 6.42. The molecule has 0 aliphatic heterocycles. The SMILES string of the molecule is CCOC(=O)c1c(NC(=S)Nc2cc(C)ccc2OC)sc2c1CCCC2. The van der Waals surface area contributed by atoms with Crippen molar-refractivity contribution in [2.24, 2.45) is 0 Å². The van der Waals surface area contributed by atoms with Crippen LogP contribution in [0.25, 0.3) is 0 Å². The molecule has 0 amide bonds. The summed E-state index contributed by atoms with van der Waals surface area (Å²) in [4.78, 5) is 13.8. The van der Waals surface area contributed by atoms with Crippen LogP contribution in [0.5, 0.6) is 5.75 Å². The van der Waals surface area contributed by atoms with Crippen LogP contribution in [0.3, 0.4) is 0 Å². The first kappa shape index (κ1) is 19.6. The fourth-order valence-electron chi connectivity index (χ4n) is 3.25. The van der Waals surface area contributed by atoms with Gasteiger partial charge in [-0.3, -0.25) is 0 Å². The van der Waals surface area contributed by atoms with Gasteiger partial charge in [0, 0.05) is 4.88 Å². The van der Waals surface area contributed by atoms with Crippen LogP contribution in [0.15, 0.2) is 18.2 Å². The van der Waals surface area contributed by atoms with Crippen molar-refractivity contribution in [3.63, 3.8) is 0 Å². The van der Waals surface area contributed by atoms with Gasteiger partial charge < -0.3 is 20.1 Å². The van der Waals surface area contributed by atoms with Crippen molar-refractivity contribution < 1.29 is 14.3 Å². The zero-order valence-electron chi connectivity index (χ0n) is 15.8. The monoisotopic (exact) mass is 404 g/mol. The number of benzene rings is 1. The molecule has 2 N–H and O–H groups in total. The van der Waals surface area contributed by atoms with E-state index in [1.54, 1.807) is 18.4 Å². The maximum atomic E-state index is 12.5. The first-order chi connectivity index (χ1) is 13.0. The number of hydrogen-bond acceptors (Lipinski definition) is 5. The number of thiophene rings is 1. The molecule has 1 aromatic heterocycles. The van der Waals surface area contributed by atoms with E-state index in [0.717, 1.165) is 47.5 Å². The summed E-state index contributed by atoms with van der Waals surface area (Å²) in [6.45, 7) is 4.18. The number of esters is 1. The molecule has 0 fully saturated rings. The fraction of sp³-hybridized carbons (Fsp3) is 0.400. The lowest BCUT2D eigenvalue weighted by Gasteiger charge is -2.14. The molecule has 3 rings (SSSR count). The summed E-state index contributed by atoms with van der Waals surface area (Å²) in [6.07, 6.45) is 4.16. The third-order valence-corrected chi connectivity index (χ3v) is 5.89. The lowest BCUT2D eigenvalue weighted by atomic mass is 9.95. The summed E-state index contributed by atoms with van der Waals surface area (Å²) in [5.41, 5.74) is 3.63. The molecule has 0 spiro atoms. The van der Waals surface area contributed by atoms with Crippen molar-refractivity contribution in [2.45, 2.75) is 39.5 Å². The zero-order valence-corrected chi connectivity index (χ0v) is 17.4. The highest BCUT2D eigenvalue weighted by Gasteiger charge is 2.26. The summed E-state index contributed by atoms with van der Waals surface area (Å²) in [7, 11) is 1.62. The second kappa shape index (κ2) is 8.71. The molecular weight excluding hydrogens is 380 g/mol. The molecule has 27 heavy (non-hydrogen) atoms. The van der Waals surface area contributed by atoms with Crippen molar-refractivity contribution in [1.82, 2.24) is 0 Å². The Morgan fingerprint density at radius 1 is 1.26 bits per heavy atom. The number of carbonyl (C=O) groups is 1. The van der Waals surface area contributed by atoms with E-state index < -0.39 is 0 Å². The molecule has 0 saturated heterocycles. The fourth-order valence-corrected chi connectivity index (χ4v) is 4.81. The number of thiocarbonyl (C=S) groups is 1. The van der Waals surface area contributed by atoms with E-state index in [0.29, 0.717) is 23.0 Å². The molecule has 5 nitrogen and oxygen atoms in total. The number of ether oxygens (including phenoxy) is 2. The van der Waals surface area contributed by atoms with Crippen molar-refractivity contribution >= 4 is 45.3 Å². The van der Waals surface area contributed by atoms with Gasteiger partial charge in [0.2, 0.25) is 0 Å². The molecule has 0 radical (unpaired) electrons. The summed E-state index contributed by atoms with van der Waals surface area (Å²) >= 11 is 7.09. The van der Waals surface area contributed by atoms with Gasteiger partial charge in [0.25, 0.3) is 0 Å². The Labute approximate surface area is 169 Å². The van der Waals surface area contributed by atoms with E-state index in [9.17, 15) is 4.79 Å². The largest absolute Gasteiger partial charge is 0.495 e. The van der Waals surface area contributed by atoms with E-state index in [-0.39, 0.29) is 5.97 Å². The van der Waals surface area contributed by atoms with Gasteiger partial charge in [-0.1, -0.05) is 6.07 Å². The summed E-state index contributed by atoms with van der Waals surface area (Å²) in [6, 6.07) is 5.85. The predicted octanol–water partition coefficient (Wildman–Crippen LogP) is 4.93. The Kier molecular flexibility index (Phi) is 6.34. The molecule has 1 aliphatic rings. The average molecular weight is 405 g/mol. The maximum Gasteiger partial charge on any atom is 0.341 e. The minimum absolute atomic E-state index is 0.282. The van der Waals surface area contributed by atoms with Crippen LogP contribution in [0.4, 0.5) is 10.7 Å². The van der Waals surface area contributed by atoms with E-state index >= 15 is 0 Å². The van der Waals surface area contributed by atoms with Gasteiger partial charge in [0.15, 0.2) is 5.11 Å². The van der Waals surface area contributed by atoms with Gasteiger partial charge in [0.1, 0.15) is 10.8 Å². The molecular formula is C20H24N2O3S2. The number of hydrogen-bond donors (Lipinski definition) is 2. The number of methoxy groups -OCH3 is 1. The standard InChI is InChI=1S/C20H24N2O3S2/c1-4-25-19(23)17-13-7-5-6-8-16(13)27-18(17)22-20(26)21-14-11-12(2)9-10-15(14)24-3/h9-11H,4-8H2,1-3H3,(H2,21,22,26). The number of carbonyl (C=O) groups excluding carboxylic acids is 1. The van der Waals surface area contributed by atoms with E-state index in [2.05, 4.69) is 10.6 Å². The third-order valence-electron chi connectivity index (χ3n) is 4.48. The van der Waals surface area contributed by atoms with Crippen molar-refractivity contribution in [1.29, 1.82) is 0 Å². The van der Waals surface area contributed by atoms with Crippen LogP contribution < -0.4 is 15.4 Å². The minimum Gasteiger partial charge on any atom is -0.495 e. The zero-order chi connectivity index (χ0) is 19.4. The molecule has 144 valence electrons. The van der Waals surface area contributed by atoms with Gasteiger partial charge in [-0.25, -0.2) is 4.79 Å². The lowest BCUT2D eigenvalue weighted by molar-refractivity contribution is 0.0526. The van der Waals surface area contributed by atoms with Crippen LogP contribution in [0.2, 0.25) is 0 Å². The smallest absolute Gasteiger partial charge is 0.341 e. The normalized spacial score (nSPS) is 12.9. The topological polar surface area (TPSA) is 59.6 Å². The van der Waals surface area contributed by atoms with Gasteiger partial charge in [-0.15, -0.1) is 11.3 Å². The first-order valence-corrected chi connectivity index (χ1v) is 10.3. The average Bonchev–Trinajstić information content (AvgIpc) is 2.99. The molecule has 7 heteroatoms. The van der Waals surface area contributed by atoms with Crippen molar-refractivity contribution in [3.05, 3.63) is 39.8 Å². The second-order valence-corrected chi connectivity index (χ2v) is 7.93. The molecule has 1 heterocycles. The molecule has 0 bridgehead atoms. The number of anilines is 2. The highest BCUT2D eigenvalue weighted by molar-refractivity contribution is 7.80. The number of rotatable bonds is 5. The first-order valence-electron chi connectivity index (χ1n) is 9.07. The molecule has 2 aromatic rings. The van der Waals surface area contributed by atoms with Gasteiger partial charge >= 0.3 is 5.97 Å². The van der Waals surface area contributed by atoms with E-state index in [1.165, 1.54) is 4.88 Å². The number of aryl methyl sites for hydroxylation is 2. The Bertz CT molecular complexity index is 861. The molecule has 0 atom stereocenters. The Balaban J connectivity index is 1.85. The highest BCUT2D eigenvalue weighted by atomic mass is 32.1. The maximum absolute atomic E-state index is 12.5. The quantitative estimate of drug-likeness (QED) is 0.544. The Morgan fingerprint density at radius 3 is 2.78 bits per heavy atom. The van der Waals surface area contributed by atoms with Gasteiger partial charge in [0.05, 0.1) is 25.0 Å². The molecule has 0 saturated carbocycles. The molecule has 1 aromatic carbocycles. The summed E-state index contributed by atoms with van der Waals surface area (Å²) in [5, 5.41) is 7.56. The third kappa shape index (κ3) is 4.42. The van der Waals surface area contributed by atoms with Gasteiger partial charge in [-0.2, -0.15) is 0 Å². The lowest BCUT2D eigenvalue weighted by Crippen LogP contribution is -2.21.